The van der Waals surface area contributed by atoms with Gasteiger partial charge in [-0.15, -0.1) is 0 Å². The highest BCUT2D eigenvalue weighted by Gasteiger charge is 2.24. The molecule has 2 atom stereocenters. The molecule has 0 aromatic rings. The molecule has 1 saturated heterocycles. The highest BCUT2D eigenvalue weighted by Crippen LogP contribution is 2.27. The summed E-state index contributed by atoms with van der Waals surface area (Å²) < 4.78 is 5.43. The van der Waals surface area contributed by atoms with Gasteiger partial charge in [-0.1, -0.05) is 32.1 Å². The van der Waals surface area contributed by atoms with E-state index in [0.717, 1.165) is 18.8 Å². The van der Waals surface area contributed by atoms with Gasteiger partial charge in [0, 0.05) is 6.04 Å². The molecule has 2 fully saturated rings. The fourth-order valence-corrected chi connectivity index (χ4v) is 2.78. The quantitative estimate of drug-likeness (QED) is 0.719. The highest BCUT2D eigenvalue weighted by atomic mass is 16.5. The number of hydrogen-bond acceptors (Lipinski definition) is 3. The largest absolute Gasteiger partial charge is 0.378 e. The van der Waals surface area contributed by atoms with E-state index in [9.17, 15) is 4.79 Å². The molecule has 0 bridgehead atoms. The van der Waals surface area contributed by atoms with Crippen molar-refractivity contribution in [1.29, 1.82) is 0 Å². The Balaban J connectivity index is 1.75. The van der Waals surface area contributed by atoms with E-state index in [1.54, 1.807) is 0 Å². The Labute approximate surface area is 91.6 Å². The number of carbonyl (C=O) groups excluding carboxylic acids is 1. The number of rotatable bonds is 3. The van der Waals surface area contributed by atoms with Crippen molar-refractivity contribution in [2.24, 2.45) is 5.92 Å². The first-order chi connectivity index (χ1) is 7.38. The van der Waals surface area contributed by atoms with Crippen LogP contribution in [0.3, 0.4) is 0 Å². The summed E-state index contributed by atoms with van der Waals surface area (Å²) in [6, 6.07) is 0.324. The molecule has 3 nitrogen and oxygen atoms in total. The second-order valence-electron chi connectivity index (χ2n) is 4.88. The van der Waals surface area contributed by atoms with Crippen LogP contribution >= 0.6 is 0 Å². The fourth-order valence-electron chi connectivity index (χ4n) is 2.78. The molecule has 1 heterocycles. The third-order valence-electron chi connectivity index (χ3n) is 3.57. The SMILES string of the molecule is O=CC1COC[C@@H](CC2CCCCC2)N1. The number of carbonyl (C=O) groups is 1. The molecule has 15 heavy (non-hydrogen) atoms. The standard InChI is InChI=1S/C12H21NO2/c14-7-12-9-15-8-11(13-12)6-10-4-2-1-3-5-10/h7,10-13H,1-6,8-9H2/t11-,12?/m1/s1. The first-order valence-electron chi connectivity index (χ1n) is 6.17. The third kappa shape index (κ3) is 3.28. The highest BCUT2D eigenvalue weighted by molar-refractivity contribution is 5.57. The lowest BCUT2D eigenvalue weighted by molar-refractivity contribution is -0.113. The second-order valence-corrected chi connectivity index (χ2v) is 4.88. The van der Waals surface area contributed by atoms with Crippen molar-refractivity contribution in [2.75, 3.05) is 13.2 Å². The van der Waals surface area contributed by atoms with E-state index in [1.165, 1.54) is 38.5 Å². The van der Waals surface area contributed by atoms with Crippen molar-refractivity contribution in [2.45, 2.75) is 50.6 Å². The maximum atomic E-state index is 10.7. The van der Waals surface area contributed by atoms with E-state index >= 15 is 0 Å². The van der Waals surface area contributed by atoms with Crippen LogP contribution in [0.1, 0.15) is 38.5 Å². The molecule has 1 aliphatic carbocycles. The average molecular weight is 211 g/mol. The fraction of sp³-hybridized carbons (Fsp3) is 0.917. The van der Waals surface area contributed by atoms with Gasteiger partial charge in [-0.3, -0.25) is 0 Å². The average Bonchev–Trinajstić information content (AvgIpc) is 2.31. The van der Waals surface area contributed by atoms with Gasteiger partial charge in [-0.25, -0.2) is 0 Å². The molecule has 0 amide bonds. The zero-order valence-corrected chi connectivity index (χ0v) is 9.28. The summed E-state index contributed by atoms with van der Waals surface area (Å²) in [5.41, 5.74) is 0. The van der Waals surface area contributed by atoms with Gasteiger partial charge >= 0.3 is 0 Å². The monoisotopic (exact) mass is 211 g/mol. The van der Waals surface area contributed by atoms with Crippen LogP contribution in [0.25, 0.3) is 0 Å². The minimum atomic E-state index is -0.0765. The van der Waals surface area contributed by atoms with Gasteiger partial charge in [0.2, 0.25) is 0 Å². The van der Waals surface area contributed by atoms with Crippen molar-refractivity contribution in [3.63, 3.8) is 0 Å². The molecule has 1 N–H and O–H groups in total. The molecule has 1 saturated carbocycles. The Morgan fingerprint density at radius 1 is 1.20 bits per heavy atom. The zero-order valence-electron chi connectivity index (χ0n) is 9.28. The zero-order chi connectivity index (χ0) is 10.5. The molecule has 0 aromatic heterocycles. The lowest BCUT2D eigenvalue weighted by atomic mass is 9.84. The summed E-state index contributed by atoms with van der Waals surface area (Å²) in [7, 11) is 0. The molecule has 86 valence electrons. The van der Waals surface area contributed by atoms with Crippen LogP contribution in [0.2, 0.25) is 0 Å². The topological polar surface area (TPSA) is 38.3 Å². The van der Waals surface area contributed by atoms with Gasteiger partial charge in [0.1, 0.15) is 6.29 Å². The summed E-state index contributed by atoms with van der Waals surface area (Å²) in [6.45, 7) is 1.32. The Morgan fingerprint density at radius 3 is 2.73 bits per heavy atom. The minimum absolute atomic E-state index is 0.0765. The summed E-state index contributed by atoms with van der Waals surface area (Å²) in [5, 5.41) is 3.36. The van der Waals surface area contributed by atoms with Crippen molar-refractivity contribution >= 4 is 6.29 Å². The third-order valence-corrected chi connectivity index (χ3v) is 3.57. The van der Waals surface area contributed by atoms with E-state index in [0.29, 0.717) is 12.6 Å². The summed E-state index contributed by atoms with van der Waals surface area (Å²) in [6.07, 6.45) is 9.05. The van der Waals surface area contributed by atoms with Crippen LogP contribution in [0.4, 0.5) is 0 Å². The van der Waals surface area contributed by atoms with E-state index in [2.05, 4.69) is 5.32 Å². The number of ether oxygens (including phenoxy) is 1. The van der Waals surface area contributed by atoms with Gasteiger partial charge in [-0.05, 0) is 12.3 Å². The maximum Gasteiger partial charge on any atom is 0.139 e. The lowest BCUT2D eigenvalue weighted by Crippen LogP contribution is -2.50. The first kappa shape index (κ1) is 11.1. The second kappa shape index (κ2) is 5.61. The van der Waals surface area contributed by atoms with Crippen molar-refractivity contribution in [3.05, 3.63) is 0 Å². The molecule has 2 aliphatic rings. The van der Waals surface area contributed by atoms with Gasteiger partial charge < -0.3 is 14.8 Å². The molecular weight excluding hydrogens is 190 g/mol. The van der Waals surface area contributed by atoms with Gasteiger partial charge in [-0.2, -0.15) is 0 Å². The summed E-state index contributed by atoms with van der Waals surface area (Å²) >= 11 is 0. The predicted molar refractivity (Wildman–Crippen MR) is 58.8 cm³/mol. The van der Waals surface area contributed by atoms with Crippen molar-refractivity contribution in [1.82, 2.24) is 5.32 Å². The van der Waals surface area contributed by atoms with Gasteiger partial charge in [0.25, 0.3) is 0 Å². The van der Waals surface area contributed by atoms with Crippen molar-refractivity contribution < 1.29 is 9.53 Å². The van der Waals surface area contributed by atoms with E-state index in [-0.39, 0.29) is 6.04 Å². The Bertz CT molecular complexity index is 202. The van der Waals surface area contributed by atoms with Crippen LogP contribution in [0, 0.1) is 5.92 Å². The van der Waals surface area contributed by atoms with Gasteiger partial charge in [0.15, 0.2) is 0 Å². The number of hydrogen-bond donors (Lipinski definition) is 1. The molecule has 0 radical (unpaired) electrons. The van der Waals surface area contributed by atoms with Gasteiger partial charge in [0.05, 0.1) is 19.3 Å². The first-order valence-corrected chi connectivity index (χ1v) is 6.17. The summed E-state index contributed by atoms with van der Waals surface area (Å²) in [4.78, 5) is 10.7. The maximum absolute atomic E-state index is 10.7. The summed E-state index contributed by atoms with van der Waals surface area (Å²) in [5.74, 6) is 0.852. The Morgan fingerprint density at radius 2 is 2.00 bits per heavy atom. The number of aldehydes is 1. The van der Waals surface area contributed by atoms with Crippen LogP contribution in [-0.4, -0.2) is 31.6 Å². The van der Waals surface area contributed by atoms with E-state index in [1.807, 2.05) is 0 Å². The molecular formula is C12H21NO2. The van der Waals surface area contributed by atoms with Crippen molar-refractivity contribution in [3.8, 4) is 0 Å². The lowest BCUT2D eigenvalue weighted by Gasteiger charge is -2.32. The van der Waals surface area contributed by atoms with Crippen LogP contribution in [0.5, 0.6) is 0 Å². The number of nitrogens with one attached hydrogen (secondary N) is 1. The number of morpholine rings is 1. The molecule has 0 spiro atoms. The molecule has 0 aromatic carbocycles. The molecule has 3 heteroatoms. The normalized spacial score (nSPS) is 33.9. The van der Waals surface area contributed by atoms with Crippen LogP contribution < -0.4 is 5.32 Å². The van der Waals surface area contributed by atoms with Crippen LogP contribution in [-0.2, 0) is 9.53 Å². The Kier molecular flexibility index (Phi) is 4.15. The van der Waals surface area contributed by atoms with E-state index in [4.69, 9.17) is 4.74 Å². The Hall–Kier alpha value is -0.410. The minimum Gasteiger partial charge on any atom is -0.378 e. The van der Waals surface area contributed by atoms with Crippen LogP contribution in [0.15, 0.2) is 0 Å². The molecule has 1 unspecified atom stereocenters. The smallest absolute Gasteiger partial charge is 0.139 e. The molecule has 1 aliphatic heterocycles. The molecule has 2 rings (SSSR count). The van der Waals surface area contributed by atoms with E-state index < -0.39 is 0 Å². The predicted octanol–water partition coefficient (Wildman–Crippen LogP) is 1.51.